The van der Waals surface area contributed by atoms with Crippen molar-refractivity contribution in [2.24, 2.45) is 0 Å². The standard InChI is InChI=1S/C23H24N8O3S/c1-13-9-17-20(25-12-14-5-4-8-24-22(14)31(2)35(3,33)34)29-23(30-21(17)26-13)27-16-6-7-18-15(10-16)11-19(32)28-18/h4-10H,11-12H2,1-3H3,(H,28,32)(H3,25,26,27,29,30). The van der Waals surface area contributed by atoms with Crippen LogP contribution in [0.25, 0.3) is 11.0 Å². The highest BCUT2D eigenvalue weighted by molar-refractivity contribution is 7.92. The molecule has 1 aromatic carbocycles. The zero-order valence-corrected chi connectivity index (χ0v) is 20.2. The molecule has 0 atom stereocenters. The number of carbonyl (C=O) groups excluding carboxylic acids is 1. The van der Waals surface area contributed by atoms with Crippen molar-refractivity contribution in [1.82, 2.24) is 19.9 Å². The lowest BCUT2D eigenvalue weighted by atomic mass is 10.1. The first-order chi connectivity index (χ1) is 16.7. The van der Waals surface area contributed by atoms with Gasteiger partial charge in [-0.1, -0.05) is 6.07 Å². The number of carbonyl (C=O) groups is 1. The van der Waals surface area contributed by atoms with Gasteiger partial charge in [-0.2, -0.15) is 9.97 Å². The number of anilines is 5. The minimum Gasteiger partial charge on any atom is -0.365 e. The smallest absolute Gasteiger partial charge is 0.233 e. The topological polar surface area (TPSA) is 145 Å². The van der Waals surface area contributed by atoms with Crippen LogP contribution >= 0.6 is 0 Å². The highest BCUT2D eigenvalue weighted by atomic mass is 32.2. The van der Waals surface area contributed by atoms with Crippen molar-refractivity contribution in [2.75, 3.05) is 33.6 Å². The first kappa shape index (κ1) is 22.6. The Morgan fingerprint density at radius 1 is 1.17 bits per heavy atom. The lowest BCUT2D eigenvalue weighted by Crippen LogP contribution is -2.27. The molecule has 35 heavy (non-hydrogen) atoms. The molecule has 1 amide bonds. The maximum Gasteiger partial charge on any atom is 0.233 e. The molecule has 4 heterocycles. The monoisotopic (exact) mass is 492 g/mol. The molecule has 4 N–H and O–H groups in total. The molecule has 1 aliphatic heterocycles. The molecule has 180 valence electrons. The van der Waals surface area contributed by atoms with Crippen molar-refractivity contribution in [3.8, 4) is 0 Å². The number of amides is 1. The summed E-state index contributed by atoms with van der Waals surface area (Å²) in [7, 11) is -1.99. The van der Waals surface area contributed by atoms with Gasteiger partial charge in [0.15, 0.2) is 0 Å². The number of hydrogen-bond acceptors (Lipinski definition) is 8. The number of aryl methyl sites for hydroxylation is 1. The van der Waals surface area contributed by atoms with E-state index in [9.17, 15) is 13.2 Å². The third-order valence-electron chi connectivity index (χ3n) is 5.72. The maximum absolute atomic E-state index is 12.1. The van der Waals surface area contributed by atoms with E-state index in [0.29, 0.717) is 41.8 Å². The van der Waals surface area contributed by atoms with Gasteiger partial charge in [0.25, 0.3) is 0 Å². The highest BCUT2D eigenvalue weighted by Gasteiger charge is 2.19. The van der Waals surface area contributed by atoms with Gasteiger partial charge in [0.2, 0.25) is 21.9 Å². The summed E-state index contributed by atoms with van der Waals surface area (Å²) in [6.45, 7) is 2.23. The van der Waals surface area contributed by atoms with E-state index in [1.165, 1.54) is 7.05 Å². The second kappa shape index (κ2) is 8.55. The molecule has 12 heteroatoms. The van der Waals surface area contributed by atoms with Crippen LogP contribution in [0, 0.1) is 6.92 Å². The van der Waals surface area contributed by atoms with Gasteiger partial charge in [0.1, 0.15) is 17.3 Å². The summed E-state index contributed by atoms with van der Waals surface area (Å²) >= 11 is 0. The molecular formula is C23H24N8O3S. The molecule has 0 unspecified atom stereocenters. The van der Waals surface area contributed by atoms with E-state index in [4.69, 9.17) is 0 Å². The fourth-order valence-corrected chi connectivity index (χ4v) is 4.43. The quantitative estimate of drug-likeness (QED) is 0.308. The number of fused-ring (bicyclic) bond motifs is 2. The second-order valence-electron chi connectivity index (χ2n) is 8.40. The first-order valence-electron chi connectivity index (χ1n) is 10.9. The molecule has 4 aromatic rings. The van der Waals surface area contributed by atoms with E-state index >= 15 is 0 Å². The molecule has 0 bridgehead atoms. The molecule has 1 aliphatic rings. The SMILES string of the molecule is Cc1cc2c(NCc3cccnc3N(C)S(C)(=O)=O)nc(Nc3ccc4c(c3)CC(=O)N4)nc2[nH]1. The van der Waals surface area contributed by atoms with Crippen molar-refractivity contribution in [1.29, 1.82) is 0 Å². The zero-order valence-electron chi connectivity index (χ0n) is 19.4. The number of H-pyrrole nitrogens is 1. The summed E-state index contributed by atoms with van der Waals surface area (Å²) in [5.41, 5.74) is 4.76. The summed E-state index contributed by atoms with van der Waals surface area (Å²) in [5, 5.41) is 10.2. The number of pyridine rings is 1. The molecule has 0 aliphatic carbocycles. The van der Waals surface area contributed by atoms with Gasteiger partial charge < -0.3 is 20.9 Å². The number of sulfonamides is 1. The molecule has 0 spiro atoms. The van der Waals surface area contributed by atoms with Crippen LogP contribution in [0.2, 0.25) is 0 Å². The average molecular weight is 493 g/mol. The minimum absolute atomic E-state index is 0.0283. The third-order valence-corrected chi connectivity index (χ3v) is 6.89. The van der Waals surface area contributed by atoms with E-state index in [-0.39, 0.29) is 5.91 Å². The minimum atomic E-state index is -3.46. The average Bonchev–Trinajstić information content (AvgIpc) is 3.36. The molecule has 0 saturated carbocycles. The van der Waals surface area contributed by atoms with Gasteiger partial charge >= 0.3 is 0 Å². The van der Waals surface area contributed by atoms with Gasteiger partial charge in [0.05, 0.1) is 18.1 Å². The van der Waals surface area contributed by atoms with E-state index in [2.05, 4.69) is 35.9 Å². The number of hydrogen-bond donors (Lipinski definition) is 4. The molecule has 11 nitrogen and oxygen atoms in total. The Labute approximate surface area is 202 Å². The fraction of sp³-hybridized carbons (Fsp3) is 0.217. The molecular weight excluding hydrogens is 468 g/mol. The number of aromatic amines is 1. The van der Waals surface area contributed by atoms with E-state index in [1.54, 1.807) is 12.3 Å². The number of benzene rings is 1. The summed E-state index contributed by atoms with van der Waals surface area (Å²) in [4.78, 5) is 28.4. The van der Waals surface area contributed by atoms with Gasteiger partial charge in [-0.05, 0) is 42.8 Å². The van der Waals surface area contributed by atoms with E-state index < -0.39 is 10.0 Å². The van der Waals surface area contributed by atoms with Crippen LogP contribution in [0.15, 0.2) is 42.6 Å². The zero-order chi connectivity index (χ0) is 24.7. The van der Waals surface area contributed by atoms with Crippen LogP contribution in [0.4, 0.5) is 29.0 Å². The molecule has 5 rings (SSSR count). The van der Waals surface area contributed by atoms with Crippen LogP contribution in [-0.4, -0.2) is 47.6 Å². The predicted octanol–water partition coefficient (Wildman–Crippen LogP) is 2.91. The van der Waals surface area contributed by atoms with Crippen LogP contribution in [0.1, 0.15) is 16.8 Å². The van der Waals surface area contributed by atoms with E-state index in [1.807, 2.05) is 37.3 Å². The first-order valence-corrected chi connectivity index (χ1v) is 12.7. The lowest BCUT2D eigenvalue weighted by molar-refractivity contribution is -0.115. The van der Waals surface area contributed by atoms with Crippen LogP contribution in [0.5, 0.6) is 0 Å². The Morgan fingerprint density at radius 2 is 2.00 bits per heavy atom. The molecule has 0 radical (unpaired) electrons. The highest BCUT2D eigenvalue weighted by Crippen LogP contribution is 2.29. The number of nitrogens with one attached hydrogen (secondary N) is 4. The molecule has 3 aromatic heterocycles. The summed E-state index contributed by atoms with van der Waals surface area (Å²) in [6, 6.07) is 11.1. The Bertz CT molecular complexity index is 1560. The van der Waals surface area contributed by atoms with Crippen molar-refractivity contribution < 1.29 is 13.2 Å². The Morgan fingerprint density at radius 3 is 2.80 bits per heavy atom. The van der Waals surface area contributed by atoms with Crippen molar-refractivity contribution >= 4 is 55.9 Å². The third kappa shape index (κ3) is 4.60. The van der Waals surface area contributed by atoms with Gasteiger partial charge in [-0.3, -0.25) is 9.10 Å². The largest absolute Gasteiger partial charge is 0.365 e. The van der Waals surface area contributed by atoms with Gasteiger partial charge in [-0.15, -0.1) is 0 Å². The van der Waals surface area contributed by atoms with Crippen molar-refractivity contribution in [3.05, 3.63) is 59.4 Å². The Hall–Kier alpha value is -4.19. The van der Waals surface area contributed by atoms with Crippen LogP contribution in [-0.2, 0) is 27.8 Å². The van der Waals surface area contributed by atoms with Gasteiger partial charge in [0, 0.05) is 42.4 Å². The predicted molar refractivity (Wildman–Crippen MR) is 135 cm³/mol. The number of aromatic nitrogens is 4. The summed E-state index contributed by atoms with van der Waals surface area (Å²) < 4.78 is 25.3. The summed E-state index contributed by atoms with van der Waals surface area (Å²) in [5.74, 6) is 1.27. The second-order valence-corrected chi connectivity index (χ2v) is 10.4. The number of rotatable bonds is 7. The van der Waals surface area contributed by atoms with Crippen molar-refractivity contribution in [2.45, 2.75) is 19.9 Å². The molecule has 0 saturated heterocycles. The van der Waals surface area contributed by atoms with Crippen LogP contribution < -0.4 is 20.3 Å². The van der Waals surface area contributed by atoms with Gasteiger partial charge in [-0.25, -0.2) is 13.4 Å². The summed E-state index contributed by atoms with van der Waals surface area (Å²) in [6.07, 6.45) is 3.03. The molecule has 0 fully saturated rings. The number of nitrogens with zero attached hydrogens (tertiary/aromatic N) is 4. The maximum atomic E-state index is 12.1. The Kier molecular flexibility index (Phi) is 5.52. The van der Waals surface area contributed by atoms with Crippen LogP contribution in [0.3, 0.4) is 0 Å². The van der Waals surface area contributed by atoms with E-state index in [0.717, 1.165) is 38.6 Å². The lowest BCUT2D eigenvalue weighted by Gasteiger charge is -2.19. The van der Waals surface area contributed by atoms with Crippen molar-refractivity contribution in [3.63, 3.8) is 0 Å². The Balaban J connectivity index is 1.45. The fourth-order valence-electron chi connectivity index (χ4n) is 3.96. The normalized spacial score (nSPS) is 12.9.